The summed E-state index contributed by atoms with van der Waals surface area (Å²) < 4.78 is 27.2. The Bertz CT molecular complexity index is 719. The molecule has 1 aliphatic carbocycles. The van der Waals surface area contributed by atoms with Crippen molar-refractivity contribution in [3.05, 3.63) is 21.8 Å². The van der Waals surface area contributed by atoms with Gasteiger partial charge in [0.25, 0.3) is 10.0 Å². The molecule has 0 amide bonds. The number of pyridine rings is 1. The molecular formula is C15H20ClN3O2S. The van der Waals surface area contributed by atoms with Crippen LogP contribution in [0.2, 0.25) is 5.02 Å². The topological polar surface area (TPSA) is 74.1 Å². The molecule has 0 N–H and O–H groups in total. The highest BCUT2D eigenvalue weighted by molar-refractivity contribution is 7.89. The van der Waals surface area contributed by atoms with Gasteiger partial charge in [-0.3, -0.25) is 0 Å². The van der Waals surface area contributed by atoms with Gasteiger partial charge in [0.2, 0.25) is 0 Å². The quantitative estimate of drug-likeness (QED) is 0.846. The van der Waals surface area contributed by atoms with Crippen molar-refractivity contribution in [1.29, 1.82) is 5.26 Å². The van der Waals surface area contributed by atoms with Gasteiger partial charge in [-0.1, -0.05) is 30.9 Å². The number of hydrogen-bond acceptors (Lipinski definition) is 4. The number of aryl methyl sites for hydroxylation is 1. The molecule has 0 spiro atoms. The standard InChI is InChI=1S/C15H20ClN3O2S/c1-10-13(9-17)15(18-11(2)14(10)16)22(20,21)19(3)12-7-5-4-6-8-12/h12H,4-8H2,1-3H3. The second-order valence-corrected chi connectivity index (χ2v) is 8.03. The van der Waals surface area contributed by atoms with E-state index in [4.69, 9.17) is 11.6 Å². The molecule has 0 atom stereocenters. The van der Waals surface area contributed by atoms with Crippen LogP contribution in [0.4, 0.5) is 0 Å². The first kappa shape index (κ1) is 17.2. The predicted molar refractivity (Wildman–Crippen MR) is 85.3 cm³/mol. The highest BCUT2D eigenvalue weighted by atomic mass is 35.5. The lowest BCUT2D eigenvalue weighted by Gasteiger charge is -2.30. The summed E-state index contributed by atoms with van der Waals surface area (Å²) in [5.41, 5.74) is 0.930. The summed E-state index contributed by atoms with van der Waals surface area (Å²) in [6.45, 7) is 3.30. The molecule has 7 heteroatoms. The fourth-order valence-corrected chi connectivity index (χ4v) is 4.62. The Hall–Kier alpha value is -1.16. The van der Waals surface area contributed by atoms with E-state index >= 15 is 0 Å². The second kappa shape index (κ2) is 6.53. The average molecular weight is 342 g/mol. The minimum absolute atomic E-state index is 0.0246. The summed E-state index contributed by atoms with van der Waals surface area (Å²) in [6.07, 6.45) is 4.90. The highest BCUT2D eigenvalue weighted by Gasteiger charge is 2.33. The van der Waals surface area contributed by atoms with Crippen molar-refractivity contribution in [2.24, 2.45) is 0 Å². The summed E-state index contributed by atoms with van der Waals surface area (Å²) in [5, 5.41) is 9.50. The van der Waals surface area contributed by atoms with Gasteiger partial charge in [0.15, 0.2) is 5.03 Å². The third-order valence-electron chi connectivity index (χ3n) is 4.33. The first-order valence-electron chi connectivity index (χ1n) is 7.35. The van der Waals surface area contributed by atoms with Gasteiger partial charge >= 0.3 is 0 Å². The summed E-state index contributed by atoms with van der Waals surface area (Å²) in [5.74, 6) is 0. The molecule has 0 unspecified atom stereocenters. The van der Waals surface area contributed by atoms with Crippen LogP contribution in [0.15, 0.2) is 5.03 Å². The summed E-state index contributed by atoms with van der Waals surface area (Å²) in [4.78, 5) is 4.11. The van der Waals surface area contributed by atoms with E-state index in [0.717, 1.165) is 32.1 Å². The largest absolute Gasteiger partial charge is 0.261 e. The van der Waals surface area contributed by atoms with Crippen LogP contribution in [0, 0.1) is 25.2 Å². The van der Waals surface area contributed by atoms with E-state index < -0.39 is 10.0 Å². The smallest absolute Gasteiger partial charge is 0.237 e. The Kier molecular flexibility index (Phi) is 5.10. The Morgan fingerprint density at radius 2 is 1.86 bits per heavy atom. The SMILES string of the molecule is Cc1nc(S(=O)(=O)N(C)C2CCCCC2)c(C#N)c(C)c1Cl. The van der Waals surface area contributed by atoms with Crippen molar-refractivity contribution in [2.45, 2.75) is 57.0 Å². The highest BCUT2D eigenvalue weighted by Crippen LogP contribution is 2.30. The van der Waals surface area contributed by atoms with Crippen LogP contribution in [0.3, 0.4) is 0 Å². The lowest BCUT2D eigenvalue weighted by atomic mass is 9.96. The second-order valence-electron chi connectivity index (χ2n) is 5.74. The summed E-state index contributed by atoms with van der Waals surface area (Å²) in [7, 11) is -2.23. The number of hydrogen-bond donors (Lipinski definition) is 0. The fraction of sp³-hybridized carbons (Fsp3) is 0.600. The van der Waals surface area contributed by atoms with Gasteiger partial charge in [0, 0.05) is 13.1 Å². The molecule has 1 fully saturated rings. The van der Waals surface area contributed by atoms with E-state index in [2.05, 4.69) is 4.98 Å². The third kappa shape index (κ3) is 2.98. The van der Waals surface area contributed by atoms with Gasteiger partial charge in [0.1, 0.15) is 6.07 Å². The molecule has 0 radical (unpaired) electrons. The molecule has 0 aliphatic heterocycles. The minimum Gasteiger partial charge on any atom is -0.237 e. The first-order chi connectivity index (χ1) is 10.3. The van der Waals surface area contributed by atoms with Crippen LogP contribution in [0.25, 0.3) is 0 Å². The van der Waals surface area contributed by atoms with Gasteiger partial charge in [-0.25, -0.2) is 13.4 Å². The molecule has 2 rings (SSSR count). The van der Waals surface area contributed by atoms with Crippen LogP contribution in [0.1, 0.15) is 48.9 Å². The van der Waals surface area contributed by atoms with Crippen molar-refractivity contribution in [1.82, 2.24) is 9.29 Å². The summed E-state index contributed by atoms with van der Waals surface area (Å²) >= 11 is 6.09. The molecule has 1 heterocycles. The predicted octanol–water partition coefficient (Wildman–Crippen LogP) is 3.18. The summed E-state index contributed by atoms with van der Waals surface area (Å²) in [6, 6.07) is 1.92. The van der Waals surface area contributed by atoms with Gasteiger partial charge in [-0.05, 0) is 32.3 Å². The lowest BCUT2D eigenvalue weighted by molar-refractivity contribution is 0.285. The number of sulfonamides is 1. The molecule has 22 heavy (non-hydrogen) atoms. The maximum Gasteiger partial charge on any atom is 0.261 e. The molecular weight excluding hydrogens is 322 g/mol. The Morgan fingerprint density at radius 3 is 2.41 bits per heavy atom. The zero-order valence-electron chi connectivity index (χ0n) is 13.1. The van der Waals surface area contributed by atoms with E-state index in [1.54, 1.807) is 20.9 Å². The molecule has 5 nitrogen and oxygen atoms in total. The number of rotatable bonds is 3. The normalized spacial score (nSPS) is 16.7. The zero-order valence-corrected chi connectivity index (χ0v) is 14.6. The number of nitriles is 1. The van der Waals surface area contributed by atoms with Gasteiger partial charge < -0.3 is 0 Å². The lowest BCUT2D eigenvalue weighted by Crippen LogP contribution is -2.39. The molecule has 1 aliphatic rings. The Morgan fingerprint density at radius 1 is 1.27 bits per heavy atom. The van der Waals surface area contributed by atoms with E-state index in [0.29, 0.717) is 16.3 Å². The van der Waals surface area contributed by atoms with E-state index in [-0.39, 0.29) is 16.6 Å². The van der Waals surface area contributed by atoms with Crippen molar-refractivity contribution >= 4 is 21.6 Å². The van der Waals surface area contributed by atoms with Crippen LogP contribution in [-0.4, -0.2) is 30.8 Å². The fourth-order valence-electron chi connectivity index (χ4n) is 2.89. The third-order valence-corrected chi connectivity index (χ3v) is 6.73. The van der Waals surface area contributed by atoms with Crippen LogP contribution in [-0.2, 0) is 10.0 Å². The minimum atomic E-state index is -3.80. The Labute approximate surface area is 137 Å². The molecule has 0 bridgehead atoms. The first-order valence-corrected chi connectivity index (χ1v) is 9.17. The van der Waals surface area contributed by atoms with E-state index in [1.165, 1.54) is 4.31 Å². The Balaban J connectivity index is 2.52. The maximum atomic E-state index is 12.9. The van der Waals surface area contributed by atoms with Crippen molar-refractivity contribution in [3.63, 3.8) is 0 Å². The van der Waals surface area contributed by atoms with E-state index in [9.17, 15) is 13.7 Å². The maximum absolute atomic E-state index is 12.9. The molecule has 0 saturated heterocycles. The number of halogens is 1. The van der Waals surface area contributed by atoms with Gasteiger partial charge in [0.05, 0.1) is 16.3 Å². The molecule has 0 aromatic carbocycles. The number of aromatic nitrogens is 1. The molecule has 120 valence electrons. The number of nitrogens with zero attached hydrogens (tertiary/aromatic N) is 3. The molecule has 1 aromatic rings. The molecule has 1 saturated carbocycles. The van der Waals surface area contributed by atoms with Crippen LogP contribution >= 0.6 is 11.6 Å². The van der Waals surface area contributed by atoms with Crippen molar-refractivity contribution in [2.75, 3.05) is 7.05 Å². The van der Waals surface area contributed by atoms with Crippen LogP contribution in [0.5, 0.6) is 0 Å². The van der Waals surface area contributed by atoms with Crippen LogP contribution < -0.4 is 0 Å². The monoisotopic (exact) mass is 341 g/mol. The average Bonchev–Trinajstić information content (AvgIpc) is 2.52. The van der Waals surface area contributed by atoms with Crippen molar-refractivity contribution < 1.29 is 8.42 Å². The van der Waals surface area contributed by atoms with Gasteiger partial charge in [-0.15, -0.1) is 0 Å². The van der Waals surface area contributed by atoms with E-state index in [1.807, 2.05) is 6.07 Å². The van der Waals surface area contributed by atoms with Gasteiger partial charge in [-0.2, -0.15) is 9.57 Å². The van der Waals surface area contributed by atoms with Crippen molar-refractivity contribution in [3.8, 4) is 6.07 Å². The zero-order chi connectivity index (χ0) is 16.5. The molecule has 1 aromatic heterocycles.